The number of fused-ring (bicyclic) bond motifs is 1. The second kappa shape index (κ2) is 5.67. The van der Waals surface area contributed by atoms with Crippen LogP contribution >= 0.6 is 23.1 Å². The monoisotopic (exact) mass is 312 g/mol. The summed E-state index contributed by atoms with van der Waals surface area (Å²) in [4.78, 5) is 20.6. The van der Waals surface area contributed by atoms with E-state index in [1.54, 1.807) is 20.8 Å². The summed E-state index contributed by atoms with van der Waals surface area (Å²) in [6, 6.07) is 0. The quantitative estimate of drug-likeness (QED) is 0.652. The Morgan fingerprint density at radius 2 is 2.15 bits per heavy atom. The highest BCUT2D eigenvalue weighted by Gasteiger charge is 2.19. The summed E-state index contributed by atoms with van der Waals surface area (Å²) in [7, 11) is 0. The van der Waals surface area contributed by atoms with Crippen molar-refractivity contribution in [2.45, 2.75) is 37.8 Å². The first-order valence-corrected chi connectivity index (χ1v) is 7.92. The Kier molecular flexibility index (Phi) is 4.31. The number of carboxylic acids is 1. The number of aromatic carboxylic acids is 1. The van der Waals surface area contributed by atoms with Crippen molar-refractivity contribution in [2.75, 3.05) is 5.75 Å². The third-order valence-corrected chi connectivity index (χ3v) is 5.02. The van der Waals surface area contributed by atoms with Gasteiger partial charge in [-0.25, -0.2) is 14.8 Å². The van der Waals surface area contributed by atoms with E-state index in [4.69, 9.17) is 5.11 Å². The van der Waals surface area contributed by atoms with Crippen molar-refractivity contribution in [3.8, 4) is 0 Å². The molecular weight excluding hydrogens is 296 g/mol. The van der Waals surface area contributed by atoms with E-state index in [1.165, 1.54) is 29.4 Å². The van der Waals surface area contributed by atoms with Crippen LogP contribution in [0.4, 0.5) is 0 Å². The minimum absolute atomic E-state index is 0.310. The highest BCUT2D eigenvalue weighted by Crippen LogP contribution is 2.35. The van der Waals surface area contributed by atoms with Crippen LogP contribution in [0.15, 0.2) is 11.4 Å². The number of hydrogen-bond acceptors (Lipinski definition) is 6. The predicted octanol–water partition coefficient (Wildman–Crippen LogP) is 2.95. The van der Waals surface area contributed by atoms with Gasteiger partial charge < -0.3 is 10.2 Å². The van der Waals surface area contributed by atoms with E-state index in [0.717, 1.165) is 10.4 Å². The van der Waals surface area contributed by atoms with E-state index < -0.39 is 11.6 Å². The Labute approximate surface area is 125 Å². The number of thiophene rings is 1. The number of aryl methyl sites for hydroxylation is 1. The third kappa shape index (κ3) is 3.28. The molecule has 0 aromatic carbocycles. The van der Waals surface area contributed by atoms with Crippen LogP contribution in [0.2, 0.25) is 0 Å². The van der Waals surface area contributed by atoms with Gasteiger partial charge >= 0.3 is 5.97 Å². The number of aliphatic hydroxyl groups is 1. The molecule has 0 bridgehead atoms. The minimum atomic E-state index is -0.932. The van der Waals surface area contributed by atoms with Gasteiger partial charge in [0.05, 0.1) is 5.60 Å². The second-order valence-corrected chi connectivity index (χ2v) is 7.21. The molecule has 0 amide bonds. The standard InChI is InChI=1S/C13H16N2O3S2/c1-7-8-10(19-5-4-13(2,3)18)14-6-15-11(8)20-9(7)12(16)17/h6,18H,4-5H2,1-3H3,(H,16,17). The lowest BCUT2D eigenvalue weighted by molar-refractivity contribution is 0.0700. The van der Waals surface area contributed by atoms with Crippen LogP contribution in [0.5, 0.6) is 0 Å². The molecule has 2 N–H and O–H groups in total. The molecule has 2 rings (SSSR count). The van der Waals surface area contributed by atoms with Gasteiger partial charge in [-0.3, -0.25) is 0 Å². The summed E-state index contributed by atoms with van der Waals surface area (Å²) in [6.07, 6.45) is 2.09. The molecule has 5 nitrogen and oxygen atoms in total. The van der Waals surface area contributed by atoms with Crippen LogP contribution < -0.4 is 0 Å². The molecule has 0 aliphatic carbocycles. The summed E-state index contributed by atoms with van der Waals surface area (Å²) in [5, 5.41) is 20.5. The van der Waals surface area contributed by atoms with Crippen molar-refractivity contribution < 1.29 is 15.0 Å². The molecule has 0 radical (unpaired) electrons. The van der Waals surface area contributed by atoms with Gasteiger partial charge in [-0.1, -0.05) is 0 Å². The summed E-state index contributed by atoms with van der Waals surface area (Å²) < 4.78 is 0. The fourth-order valence-corrected chi connectivity index (χ4v) is 4.11. The molecule has 0 atom stereocenters. The van der Waals surface area contributed by atoms with Crippen molar-refractivity contribution in [2.24, 2.45) is 0 Å². The fourth-order valence-electron chi connectivity index (χ4n) is 1.75. The molecular formula is C13H16N2O3S2. The number of aromatic nitrogens is 2. The van der Waals surface area contributed by atoms with Crippen LogP contribution in [-0.2, 0) is 0 Å². The molecule has 7 heteroatoms. The Hall–Kier alpha value is -1.18. The molecule has 0 unspecified atom stereocenters. The Morgan fingerprint density at radius 3 is 2.75 bits per heavy atom. The van der Waals surface area contributed by atoms with E-state index >= 15 is 0 Å². The Morgan fingerprint density at radius 1 is 1.45 bits per heavy atom. The number of rotatable bonds is 5. The van der Waals surface area contributed by atoms with E-state index in [1.807, 2.05) is 0 Å². The largest absolute Gasteiger partial charge is 0.477 e. The zero-order chi connectivity index (χ0) is 14.9. The van der Waals surface area contributed by atoms with E-state index in [0.29, 0.717) is 27.4 Å². The van der Waals surface area contributed by atoms with Gasteiger partial charge in [0.2, 0.25) is 0 Å². The molecule has 0 saturated heterocycles. The number of carboxylic acid groups (broad SMARTS) is 1. The van der Waals surface area contributed by atoms with Gasteiger partial charge in [0.1, 0.15) is 21.1 Å². The number of nitrogens with zero attached hydrogens (tertiary/aromatic N) is 2. The van der Waals surface area contributed by atoms with E-state index in [9.17, 15) is 9.90 Å². The van der Waals surface area contributed by atoms with Crippen LogP contribution in [0.25, 0.3) is 10.2 Å². The highest BCUT2D eigenvalue weighted by atomic mass is 32.2. The minimum Gasteiger partial charge on any atom is -0.477 e. The molecule has 0 fully saturated rings. The molecule has 0 aliphatic heterocycles. The molecule has 20 heavy (non-hydrogen) atoms. The maximum atomic E-state index is 11.2. The number of hydrogen-bond donors (Lipinski definition) is 2. The smallest absolute Gasteiger partial charge is 0.346 e. The van der Waals surface area contributed by atoms with Gasteiger partial charge in [0.25, 0.3) is 0 Å². The number of thioether (sulfide) groups is 1. The van der Waals surface area contributed by atoms with Crippen LogP contribution in [0.3, 0.4) is 0 Å². The summed E-state index contributed by atoms with van der Waals surface area (Å²) in [5.74, 6) is -0.217. The lowest BCUT2D eigenvalue weighted by Crippen LogP contribution is -2.19. The molecule has 0 saturated carbocycles. The SMILES string of the molecule is Cc1c(C(=O)O)sc2ncnc(SCCC(C)(C)O)c12. The molecule has 2 heterocycles. The first-order valence-electron chi connectivity index (χ1n) is 6.12. The molecule has 0 spiro atoms. The van der Waals surface area contributed by atoms with Gasteiger partial charge in [-0.15, -0.1) is 23.1 Å². The average Bonchev–Trinajstić information content (AvgIpc) is 2.66. The third-order valence-electron chi connectivity index (χ3n) is 2.84. The van der Waals surface area contributed by atoms with Crippen LogP contribution in [-0.4, -0.2) is 37.5 Å². The van der Waals surface area contributed by atoms with E-state index in [-0.39, 0.29) is 0 Å². The van der Waals surface area contributed by atoms with Crippen molar-refractivity contribution >= 4 is 39.3 Å². The molecule has 108 valence electrons. The van der Waals surface area contributed by atoms with Crippen LogP contribution in [0, 0.1) is 6.92 Å². The van der Waals surface area contributed by atoms with Gasteiger partial charge in [0.15, 0.2) is 0 Å². The topological polar surface area (TPSA) is 83.3 Å². The van der Waals surface area contributed by atoms with Crippen molar-refractivity contribution in [1.82, 2.24) is 9.97 Å². The first-order chi connectivity index (χ1) is 9.29. The highest BCUT2D eigenvalue weighted by molar-refractivity contribution is 7.99. The summed E-state index contributed by atoms with van der Waals surface area (Å²) >= 11 is 2.69. The molecule has 2 aromatic heterocycles. The van der Waals surface area contributed by atoms with Crippen molar-refractivity contribution in [1.29, 1.82) is 0 Å². The number of carbonyl (C=O) groups is 1. The van der Waals surface area contributed by atoms with E-state index in [2.05, 4.69) is 9.97 Å². The zero-order valence-corrected chi connectivity index (χ0v) is 13.1. The normalized spacial score (nSPS) is 12.0. The Bertz CT molecular complexity index is 647. The lowest BCUT2D eigenvalue weighted by Gasteiger charge is -2.16. The maximum Gasteiger partial charge on any atom is 0.346 e. The molecule has 2 aromatic rings. The molecule has 0 aliphatic rings. The fraction of sp³-hybridized carbons (Fsp3) is 0.462. The van der Waals surface area contributed by atoms with Gasteiger partial charge in [-0.05, 0) is 32.8 Å². The summed E-state index contributed by atoms with van der Waals surface area (Å²) in [5.41, 5.74) is -0.00133. The maximum absolute atomic E-state index is 11.2. The van der Waals surface area contributed by atoms with Crippen molar-refractivity contribution in [3.63, 3.8) is 0 Å². The lowest BCUT2D eigenvalue weighted by atomic mass is 10.1. The zero-order valence-electron chi connectivity index (χ0n) is 11.5. The first kappa shape index (κ1) is 15.2. The van der Waals surface area contributed by atoms with Crippen molar-refractivity contribution in [3.05, 3.63) is 16.8 Å². The average molecular weight is 312 g/mol. The Balaban J connectivity index is 2.32. The second-order valence-electron chi connectivity index (χ2n) is 5.13. The predicted molar refractivity (Wildman–Crippen MR) is 80.8 cm³/mol. The van der Waals surface area contributed by atoms with Gasteiger partial charge in [0, 0.05) is 11.1 Å². The van der Waals surface area contributed by atoms with Crippen LogP contribution in [0.1, 0.15) is 35.5 Å². The van der Waals surface area contributed by atoms with Gasteiger partial charge in [-0.2, -0.15) is 0 Å². The summed E-state index contributed by atoms with van der Waals surface area (Å²) in [6.45, 7) is 5.31.